The lowest BCUT2D eigenvalue weighted by atomic mass is 10.1. The number of nitro groups is 1. The second-order valence-corrected chi connectivity index (χ2v) is 7.56. The van der Waals surface area contributed by atoms with Gasteiger partial charge in [-0.3, -0.25) is 10.1 Å². The van der Waals surface area contributed by atoms with E-state index in [0.29, 0.717) is 29.2 Å². The van der Waals surface area contributed by atoms with Crippen LogP contribution in [0.3, 0.4) is 0 Å². The monoisotopic (exact) mass is 434 g/mol. The summed E-state index contributed by atoms with van der Waals surface area (Å²) in [6.07, 6.45) is 2.21. The number of fused-ring (bicyclic) bond motifs is 1. The molecule has 0 unspecified atom stereocenters. The number of esters is 1. The van der Waals surface area contributed by atoms with Crippen LogP contribution in [0.1, 0.15) is 23.7 Å². The van der Waals surface area contributed by atoms with Crippen LogP contribution in [0.25, 0.3) is 21.3 Å². The largest absolute Gasteiger partial charge is 0.462 e. The Labute approximate surface area is 181 Å². The highest BCUT2D eigenvalue weighted by atomic mass is 32.1. The fraction of sp³-hybridized carbons (Fsp3) is 0.136. The van der Waals surface area contributed by atoms with Gasteiger partial charge in [0.15, 0.2) is 0 Å². The van der Waals surface area contributed by atoms with Gasteiger partial charge in [-0.25, -0.2) is 14.8 Å². The van der Waals surface area contributed by atoms with Gasteiger partial charge in [0.05, 0.1) is 22.5 Å². The molecule has 2 aromatic heterocycles. The Kier molecular flexibility index (Phi) is 5.85. The third-order valence-electron chi connectivity index (χ3n) is 4.54. The van der Waals surface area contributed by atoms with Gasteiger partial charge in [-0.1, -0.05) is 25.1 Å². The summed E-state index contributed by atoms with van der Waals surface area (Å²) in [4.78, 5) is 32.4. The summed E-state index contributed by atoms with van der Waals surface area (Å²) < 4.78 is 5.20. The third-order valence-corrected chi connectivity index (χ3v) is 5.42. The fourth-order valence-electron chi connectivity index (χ4n) is 3.11. The molecule has 9 heteroatoms. The van der Waals surface area contributed by atoms with Crippen molar-refractivity contribution in [3.63, 3.8) is 0 Å². The Morgan fingerprint density at radius 1 is 1.19 bits per heavy atom. The minimum absolute atomic E-state index is 0.0153. The van der Waals surface area contributed by atoms with E-state index in [1.54, 1.807) is 24.3 Å². The molecule has 0 aliphatic rings. The van der Waals surface area contributed by atoms with Crippen LogP contribution in [0.4, 0.5) is 17.2 Å². The topological polar surface area (TPSA) is 107 Å². The number of ether oxygens (including phenoxy) is 1. The molecule has 0 fully saturated rings. The van der Waals surface area contributed by atoms with Crippen LogP contribution in [0.15, 0.2) is 60.2 Å². The van der Waals surface area contributed by atoms with Crippen LogP contribution < -0.4 is 5.32 Å². The van der Waals surface area contributed by atoms with Gasteiger partial charge >= 0.3 is 5.97 Å². The zero-order valence-electron chi connectivity index (χ0n) is 16.6. The van der Waals surface area contributed by atoms with E-state index in [-0.39, 0.29) is 11.7 Å². The molecule has 156 valence electrons. The summed E-state index contributed by atoms with van der Waals surface area (Å²) in [6, 6.07) is 13.4. The predicted molar refractivity (Wildman–Crippen MR) is 120 cm³/mol. The van der Waals surface area contributed by atoms with Gasteiger partial charge in [-0.2, -0.15) is 0 Å². The van der Waals surface area contributed by atoms with Crippen molar-refractivity contribution in [2.24, 2.45) is 0 Å². The first kappa shape index (κ1) is 20.4. The van der Waals surface area contributed by atoms with Crippen LogP contribution >= 0.6 is 11.3 Å². The molecule has 4 aromatic rings. The number of hydrogen-bond acceptors (Lipinski definition) is 8. The third kappa shape index (κ3) is 4.36. The number of thiophene rings is 1. The smallest absolute Gasteiger partial charge is 0.338 e. The fourth-order valence-corrected chi connectivity index (χ4v) is 4.02. The molecule has 0 spiro atoms. The molecule has 0 aliphatic carbocycles. The van der Waals surface area contributed by atoms with E-state index < -0.39 is 4.92 Å². The highest BCUT2D eigenvalue weighted by Crippen LogP contribution is 2.38. The lowest BCUT2D eigenvalue weighted by Gasteiger charge is -2.10. The van der Waals surface area contributed by atoms with Crippen molar-refractivity contribution in [1.82, 2.24) is 9.97 Å². The van der Waals surface area contributed by atoms with E-state index in [4.69, 9.17) is 4.74 Å². The average Bonchev–Trinajstić information content (AvgIpc) is 3.23. The zero-order chi connectivity index (χ0) is 21.8. The number of aromatic nitrogens is 2. The van der Waals surface area contributed by atoms with Gasteiger partial charge in [0.25, 0.3) is 5.69 Å². The number of hydrogen-bond donors (Lipinski definition) is 1. The molecule has 1 N–H and O–H groups in total. The maximum absolute atomic E-state index is 12.2. The first-order chi connectivity index (χ1) is 15.1. The summed E-state index contributed by atoms with van der Waals surface area (Å²) >= 11 is 1.43. The SMILES string of the molecule is CCCOC(=O)c1cccc(Nc2ncnc3scc(-c4cccc([N+](=O)[O-])c4)c23)c1. The van der Waals surface area contributed by atoms with E-state index >= 15 is 0 Å². The number of rotatable bonds is 7. The lowest BCUT2D eigenvalue weighted by molar-refractivity contribution is -0.384. The predicted octanol–water partition coefficient (Wildman–Crippen LogP) is 5.58. The molecule has 0 saturated heterocycles. The second-order valence-electron chi connectivity index (χ2n) is 6.70. The summed E-state index contributed by atoms with van der Waals surface area (Å²) in [5, 5.41) is 17.1. The maximum Gasteiger partial charge on any atom is 0.338 e. The van der Waals surface area contributed by atoms with Crippen LogP contribution in [-0.2, 0) is 4.74 Å². The molecule has 0 amide bonds. The van der Waals surface area contributed by atoms with Gasteiger partial charge in [0.1, 0.15) is 17.0 Å². The summed E-state index contributed by atoms with van der Waals surface area (Å²) in [7, 11) is 0. The molecule has 0 saturated carbocycles. The highest BCUT2D eigenvalue weighted by Gasteiger charge is 2.16. The van der Waals surface area contributed by atoms with Crippen LogP contribution in [0, 0.1) is 10.1 Å². The number of non-ortho nitro benzene ring substituents is 1. The number of nitrogens with one attached hydrogen (secondary N) is 1. The van der Waals surface area contributed by atoms with E-state index in [9.17, 15) is 14.9 Å². The number of benzene rings is 2. The van der Waals surface area contributed by atoms with Crippen LogP contribution in [0.5, 0.6) is 0 Å². The normalized spacial score (nSPS) is 10.7. The number of nitro benzene ring substituents is 1. The Morgan fingerprint density at radius 2 is 2.03 bits per heavy atom. The summed E-state index contributed by atoms with van der Waals surface area (Å²) in [5.41, 5.74) is 2.62. The molecular formula is C22H18N4O4S. The molecule has 2 aromatic carbocycles. The van der Waals surface area contributed by atoms with Crippen LogP contribution in [-0.4, -0.2) is 27.5 Å². The molecule has 4 rings (SSSR count). The van der Waals surface area contributed by atoms with Crippen LogP contribution in [0.2, 0.25) is 0 Å². The molecule has 2 heterocycles. The average molecular weight is 434 g/mol. The van der Waals surface area contributed by atoms with Gasteiger partial charge in [0, 0.05) is 28.8 Å². The number of nitrogens with zero attached hydrogens (tertiary/aromatic N) is 3. The first-order valence-corrected chi connectivity index (χ1v) is 10.5. The highest BCUT2D eigenvalue weighted by molar-refractivity contribution is 7.17. The lowest BCUT2D eigenvalue weighted by Crippen LogP contribution is -2.06. The first-order valence-electron chi connectivity index (χ1n) is 9.58. The van der Waals surface area contributed by atoms with Gasteiger partial charge in [0.2, 0.25) is 0 Å². The molecule has 31 heavy (non-hydrogen) atoms. The minimum atomic E-state index is -0.420. The van der Waals surface area contributed by atoms with Crippen molar-refractivity contribution in [2.75, 3.05) is 11.9 Å². The molecule has 0 radical (unpaired) electrons. The number of anilines is 2. The standard InChI is InChI=1S/C22H18N4O4S/c1-2-9-30-22(27)15-6-3-7-16(10-15)25-20-19-18(12-31-21(19)24-13-23-20)14-5-4-8-17(11-14)26(28)29/h3-8,10-13H,2,9H2,1H3,(H,23,24,25). The number of carbonyl (C=O) groups is 1. The van der Waals surface area contributed by atoms with E-state index in [1.165, 1.54) is 29.8 Å². The van der Waals surface area contributed by atoms with Crippen molar-refractivity contribution in [3.05, 3.63) is 75.9 Å². The molecule has 0 bridgehead atoms. The summed E-state index contributed by atoms with van der Waals surface area (Å²) in [5.74, 6) is 0.165. The van der Waals surface area contributed by atoms with Gasteiger partial charge < -0.3 is 10.1 Å². The molecular weight excluding hydrogens is 416 g/mol. The van der Waals surface area contributed by atoms with Crippen molar-refractivity contribution >= 4 is 44.7 Å². The molecule has 0 aliphatic heterocycles. The van der Waals surface area contributed by atoms with Gasteiger partial charge in [-0.05, 0) is 30.2 Å². The number of carbonyl (C=O) groups excluding carboxylic acids is 1. The van der Waals surface area contributed by atoms with Crippen molar-refractivity contribution in [3.8, 4) is 11.1 Å². The second kappa shape index (κ2) is 8.88. The van der Waals surface area contributed by atoms with Crippen molar-refractivity contribution in [1.29, 1.82) is 0 Å². The van der Waals surface area contributed by atoms with Crippen molar-refractivity contribution < 1.29 is 14.5 Å². The molecule has 0 atom stereocenters. The Balaban J connectivity index is 1.72. The zero-order valence-corrected chi connectivity index (χ0v) is 17.4. The van der Waals surface area contributed by atoms with E-state index in [0.717, 1.165) is 22.2 Å². The quantitative estimate of drug-likeness (QED) is 0.230. The molecule has 8 nitrogen and oxygen atoms in total. The maximum atomic E-state index is 12.2. The Bertz CT molecular complexity index is 1270. The van der Waals surface area contributed by atoms with Crippen molar-refractivity contribution in [2.45, 2.75) is 13.3 Å². The van der Waals surface area contributed by atoms with E-state index in [1.807, 2.05) is 24.4 Å². The van der Waals surface area contributed by atoms with Gasteiger partial charge in [-0.15, -0.1) is 11.3 Å². The van der Waals surface area contributed by atoms with E-state index in [2.05, 4.69) is 15.3 Å². The summed E-state index contributed by atoms with van der Waals surface area (Å²) in [6.45, 7) is 2.30. The Hall–Kier alpha value is -3.85. The Morgan fingerprint density at radius 3 is 2.84 bits per heavy atom. The minimum Gasteiger partial charge on any atom is -0.462 e.